The van der Waals surface area contributed by atoms with E-state index in [1.54, 1.807) is 18.2 Å². The van der Waals surface area contributed by atoms with E-state index in [0.717, 1.165) is 17.7 Å². The van der Waals surface area contributed by atoms with Crippen molar-refractivity contribution in [1.29, 1.82) is 0 Å². The fourth-order valence-electron chi connectivity index (χ4n) is 1.77. The molecular formula is C14H12Cl2FN3S. The topological polar surface area (TPSA) is 41.6 Å². The molecule has 1 aliphatic carbocycles. The molecule has 0 bridgehead atoms. The van der Waals surface area contributed by atoms with Crippen LogP contribution in [0.25, 0.3) is 12.2 Å². The Hall–Kier alpha value is -1.04. The third-order valence-electron chi connectivity index (χ3n) is 3.16. The van der Waals surface area contributed by atoms with Gasteiger partial charge >= 0.3 is 0 Å². The smallest absolute Gasteiger partial charge is 0.208 e. The van der Waals surface area contributed by atoms with Crippen LogP contribution in [0.5, 0.6) is 0 Å². The molecule has 1 unspecified atom stereocenters. The van der Waals surface area contributed by atoms with Gasteiger partial charge in [0, 0.05) is 11.7 Å². The summed E-state index contributed by atoms with van der Waals surface area (Å²) in [6, 6.07) is 6.24. The lowest BCUT2D eigenvalue weighted by molar-refractivity contribution is 0.628. The number of hydrogen-bond acceptors (Lipinski definition) is 3. The number of alkyl halides is 2. The van der Waals surface area contributed by atoms with Gasteiger partial charge in [0.2, 0.25) is 5.16 Å². The molecule has 3 rings (SSSR count). The number of halogens is 3. The number of nitrogens with zero attached hydrogens (tertiary/aromatic N) is 2. The Morgan fingerprint density at radius 2 is 2.05 bits per heavy atom. The maximum atomic E-state index is 12.8. The minimum Gasteiger partial charge on any atom is -0.259 e. The lowest BCUT2D eigenvalue weighted by atomic mass is 10.2. The molecule has 1 atom stereocenters. The molecule has 1 aliphatic rings. The van der Waals surface area contributed by atoms with Gasteiger partial charge in [-0.2, -0.15) is 0 Å². The predicted octanol–water partition coefficient (Wildman–Crippen LogP) is 4.40. The van der Waals surface area contributed by atoms with Crippen LogP contribution in [0.15, 0.2) is 29.4 Å². The summed E-state index contributed by atoms with van der Waals surface area (Å²) < 4.78 is 12.2. The zero-order chi connectivity index (χ0) is 14.9. The Labute approximate surface area is 135 Å². The number of benzene rings is 1. The summed E-state index contributed by atoms with van der Waals surface area (Å²) >= 11 is 13.5. The molecular weight excluding hydrogens is 332 g/mol. The first-order valence-corrected chi connectivity index (χ1v) is 8.14. The number of rotatable bonds is 5. The van der Waals surface area contributed by atoms with E-state index in [1.165, 1.54) is 23.9 Å². The average molecular weight is 344 g/mol. The average Bonchev–Trinajstić information content (AvgIpc) is 2.86. The highest BCUT2D eigenvalue weighted by atomic mass is 35.5. The minimum absolute atomic E-state index is 0.250. The second-order valence-corrected chi connectivity index (χ2v) is 7.39. The number of nitrogens with one attached hydrogen (secondary N) is 1. The van der Waals surface area contributed by atoms with Gasteiger partial charge < -0.3 is 0 Å². The SMILES string of the molecule is Fc1ccc(/C=C/c2nc(SCC3CC3(Cl)Cl)n[nH]2)cc1. The summed E-state index contributed by atoms with van der Waals surface area (Å²) in [6.45, 7) is 0. The van der Waals surface area contributed by atoms with E-state index in [2.05, 4.69) is 15.2 Å². The molecule has 0 saturated heterocycles. The van der Waals surface area contributed by atoms with E-state index in [1.807, 2.05) is 6.08 Å². The summed E-state index contributed by atoms with van der Waals surface area (Å²) in [5, 5.41) is 7.63. The molecule has 1 aromatic heterocycles. The number of hydrogen-bond donors (Lipinski definition) is 1. The molecule has 0 amide bonds. The van der Waals surface area contributed by atoms with E-state index >= 15 is 0 Å². The summed E-state index contributed by atoms with van der Waals surface area (Å²) in [6.07, 6.45) is 4.47. The van der Waals surface area contributed by atoms with Crippen molar-refractivity contribution in [3.8, 4) is 0 Å². The van der Waals surface area contributed by atoms with Crippen LogP contribution in [-0.2, 0) is 0 Å². The summed E-state index contributed by atoms with van der Waals surface area (Å²) in [5.74, 6) is 1.52. The number of aromatic amines is 1. The van der Waals surface area contributed by atoms with Gasteiger partial charge in [-0.3, -0.25) is 5.10 Å². The van der Waals surface area contributed by atoms with E-state index < -0.39 is 4.33 Å². The van der Waals surface area contributed by atoms with Crippen molar-refractivity contribution in [2.75, 3.05) is 5.75 Å². The van der Waals surface area contributed by atoms with Crippen LogP contribution in [0.4, 0.5) is 4.39 Å². The van der Waals surface area contributed by atoms with Gasteiger partial charge in [-0.15, -0.1) is 28.3 Å². The Morgan fingerprint density at radius 3 is 2.71 bits per heavy atom. The molecule has 3 nitrogen and oxygen atoms in total. The van der Waals surface area contributed by atoms with E-state index in [-0.39, 0.29) is 5.82 Å². The maximum absolute atomic E-state index is 12.8. The molecule has 1 saturated carbocycles. The van der Waals surface area contributed by atoms with E-state index in [9.17, 15) is 4.39 Å². The normalized spacial score (nSPS) is 20.0. The molecule has 110 valence electrons. The van der Waals surface area contributed by atoms with Crippen LogP contribution in [0, 0.1) is 11.7 Å². The lowest BCUT2D eigenvalue weighted by Gasteiger charge is -1.96. The van der Waals surface area contributed by atoms with Gasteiger partial charge in [-0.1, -0.05) is 30.0 Å². The largest absolute Gasteiger partial charge is 0.259 e. The zero-order valence-corrected chi connectivity index (χ0v) is 13.2. The van der Waals surface area contributed by atoms with Gasteiger partial charge in [0.05, 0.1) is 0 Å². The van der Waals surface area contributed by atoms with Gasteiger partial charge in [0.25, 0.3) is 0 Å². The number of thioether (sulfide) groups is 1. The monoisotopic (exact) mass is 343 g/mol. The highest BCUT2D eigenvalue weighted by Gasteiger charge is 2.51. The van der Waals surface area contributed by atoms with Gasteiger partial charge in [-0.25, -0.2) is 9.37 Å². The molecule has 1 N–H and O–H groups in total. The van der Waals surface area contributed by atoms with Crippen LogP contribution >= 0.6 is 35.0 Å². The van der Waals surface area contributed by atoms with Crippen molar-refractivity contribution >= 4 is 47.1 Å². The third-order valence-corrected chi connectivity index (χ3v) is 5.09. The van der Waals surface area contributed by atoms with Crippen LogP contribution in [0.3, 0.4) is 0 Å². The van der Waals surface area contributed by atoms with Crippen LogP contribution in [0.2, 0.25) is 0 Å². The van der Waals surface area contributed by atoms with Crippen molar-refractivity contribution < 1.29 is 4.39 Å². The van der Waals surface area contributed by atoms with Crippen LogP contribution in [-0.4, -0.2) is 25.3 Å². The first-order valence-electron chi connectivity index (χ1n) is 6.39. The number of aromatic nitrogens is 3. The second kappa shape index (κ2) is 5.99. The predicted molar refractivity (Wildman–Crippen MR) is 85.0 cm³/mol. The Morgan fingerprint density at radius 1 is 1.33 bits per heavy atom. The standard InChI is InChI=1S/C14H12Cl2FN3S/c15-14(16)7-10(14)8-21-13-18-12(19-20-13)6-3-9-1-4-11(17)5-2-9/h1-6,10H,7-8H2,(H,18,19,20)/b6-3+. The van der Waals surface area contributed by atoms with Gasteiger partial charge in [0.15, 0.2) is 0 Å². The molecule has 2 aromatic rings. The fraction of sp³-hybridized carbons (Fsp3) is 0.286. The summed E-state index contributed by atoms with van der Waals surface area (Å²) in [7, 11) is 0. The fourth-order valence-corrected chi connectivity index (χ4v) is 3.51. The van der Waals surface area contributed by atoms with Crippen molar-refractivity contribution in [2.45, 2.75) is 15.9 Å². The van der Waals surface area contributed by atoms with Crippen molar-refractivity contribution in [2.24, 2.45) is 5.92 Å². The van der Waals surface area contributed by atoms with Gasteiger partial charge in [0.1, 0.15) is 16.0 Å². The summed E-state index contributed by atoms with van der Waals surface area (Å²) in [4.78, 5) is 4.34. The molecule has 1 heterocycles. The first kappa shape index (κ1) is 14.9. The number of H-pyrrole nitrogens is 1. The maximum Gasteiger partial charge on any atom is 0.208 e. The minimum atomic E-state index is -0.561. The Bertz CT molecular complexity index is 654. The highest BCUT2D eigenvalue weighted by molar-refractivity contribution is 7.99. The Kier molecular flexibility index (Phi) is 4.24. The molecule has 7 heteroatoms. The molecule has 1 aromatic carbocycles. The lowest BCUT2D eigenvalue weighted by Crippen LogP contribution is -1.93. The highest BCUT2D eigenvalue weighted by Crippen LogP contribution is 2.54. The van der Waals surface area contributed by atoms with E-state index in [0.29, 0.717) is 16.9 Å². The van der Waals surface area contributed by atoms with Crippen molar-refractivity contribution in [3.05, 3.63) is 41.5 Å². The van der Waals surface area contributed by atoms with Crippen LogP contribution in [0.1, 0.15) is 17.8 Å². The summed E-state index contributed by atoms with van der Waals surface area (Å²) in [5.41, 5.74) is 0.897. The quantitative estimate of drug-likeness (QED) is 0.646. The van der Waals surface area contributed by atoms with Gasteiger partial charge in [-0.05, 0) is 30.2 Å². The first-order chi connectivity index (χ1) is 10.0. The third kappa shape index (κ3) is 3.99. The molecule has 1 fully saturated rings. The van der Waals surface area contributed by atoms with Crippen LogP contribution < -0.4 is 0 Å². The molecule has 0 spiro atoms. The van der Waals surface area contributed by atoms with Crippen molar-refractivity contribution in [1.82, 2.24) is 15.2 Å². The molecule has 21 heavy (non-hydrogen) atoms. The van der Waals surface area contributed by atoms with Crippen molar-refractivity contribution in [3.63, 3.8) is 0 Å². The molecule has 0 aliphatic heterocycles. The zero-order valence-electron chi connectivity index (χ0n) is 10.9. The molecule has 0 radical (unpaired) electrons. The second-order valence-electron chi connectivity index (χ2n) is 4.86. The van der Waals surface area contributed by atoms with E-state index in [4.69, 9.17) is 23.2 Å². The Balaban J connectivity index is 1.56.